The molecule has 1 rings (SSSR count). The molecule has 1 aromatic heterocycles. The number of hydrogen-bond donors (Lipinski definition) is 1. The van der Waals surface area contributed by atoms with Crippen LogP contribution in [0, 0.1) is 11.3 Å². The minimum atomic E-state index is -0.502. The number of rotatable bonds is 6. The molecule has 1 aromatic rings. The van der Waals surface area contributed by atoms with E-state index in [1.54, 1.807) is 18.0 Å². The van der Waals surface area contributed by atoms with Crippen LogP contribution in [0.3, 0.4) is 0 Å². The fraction of sp³-hybridized carbons (Fsp3) is 0.500. The van der Waals surface area contributed by atoms with Crippen molar-refractivity contribution in [3.05, 3.63) is 22.8 Å². The van der Waals surface area contributed by atoms with Gasteiger partial charge in [0.25, 0.3) is 0 Å². The van der Waals surface area contributed by atoms with E-state index >= 15 is 0 Å². The van der Waals surface area contributed by atoms with Gasteiger partial charge < -0.3 is 0 Å². The maximum atomic E-state index is 9.20. The standard InChI is InChI=1S/C12H16BrN3S/c1-3-6-16-12(2,8-14)9-17-11-10(13)5-4-7-15-11/h4-5,7,16H,3,6,9H2,1-2H3. The first-order chi connectivity index (χ1) is 8.11. The van der Waals surface area contributed by atoms with E-state index in [2.05, 4.69) is 39.2 Å². The monoisotopic (exact) mass is 313 g/mol. The van der Waals surface area contributed by atoms with Crippen molar-refractivity contribution in [2.45, 2.75) is 30.8 Å². The summed E-state index contributed by atoms with van der Waals surface area (Å²) in [6.45, 7) is 4.87. The lowest BCUT2D eigenvalue weighted by Crippen LogP contribution is -2.43. The Morgan fingerprint density at radius 1 is 1.65 bits per heavy atom. The molecule has 0 saturated heterocycles. The number of pyridine rings is 1. The van der Waals surface area contributed by atoms with Crippen LogP contribution in [0.5, 0.6) is 0 Å². The van der Waals surface area contributed by atoms with Gasteiger partial charge in [0.05, 0.1) is 6.07 Å². The normalized spacial score (nSPS) is 14.0. The maximum absolute atomic E-state index is 9.20. The first-order valence-electron chi connectivity index (χ1n) is 5.51. The molecule has 1 atom stereocenters. The van der Waals surface area contributed by atoms with Crippen LogP contribution in [0.2, 0.25) is 0 Å². The Balaban J connectivity index is 2.59. The molecule has 0 radical (unpaired) electrons. The van der Waals surface area contributed by atoms with Gasteiger partial charge in [-0.25, -0.2) is 4.98 Å². The summed E-state index contributed by atoms with van der Waals surface area (Å²) in [5, 5.41) is 13.4. The molecule has 0 bridgehead atoms. The van der Waals surface area contributed by atoms with Gasteiger partial charge in [-0.1, -0.05) is 6.92 Å². The number of thioether (sulfide) groups is 1. The molecule has 0 amide bonds. The Kier molecular flexibility index (Phi) is 5.96. The van der Waals surface area contributed by atoms with Gasteiger partial charge in [0.1, 0.15) is 10.6 Å². The Labute approximate surface area is 115 Å². The van der Waals surface area contributed by atoms with Crippen molar-refractivity contribution >= 4 is 27.7 Å². The highest BCUT2D eigenvalue weighted by Gasteiger charge is 2.23. The minimum absolute atomic E-state index is 0.502. The summed E-state index contributed by atoms with van der Waals surface area (Å²) in [5.74, 6) is 0.680. The Hall–Kier alpha value is -0.570. The van der Waals surface area contributed by atoms with E-state index in [9.17, 15) is 5.26 Å². The van der Waals surface area contributed by atoms with E-state index in [0.717, 1.165) is 22.5 Å². The summed E-state index contributed by atoms with van der Waals surface area (Å²) < 4.78 is 0.973. The topological polar surface area (TPSA) is 48.7 Å². The van der Waals surface area contributed by atoms with Gasteiger partial charge in [-0.2, -0.15) is 5.26 Å². The lowest BCUT2D eigenvalue weighted by Gasteiger charge is -2.22. The number of nitrogens with zero attached hydrogens (tertiary/aromatic N) is 2. The molecule has 3 nitrogen and oxygen atoms in total. The van der Waals surface area contributed by atoms with Crippen molar-refractivity contribution in [3.63, 3.8) is 0 Å². The summed E-state index contributed by atoms with van der Waals surface area (Å²) >= 11 is 5.04. The number of hydrogen-bond acceptors (Lipinski definition) is 4. The second-order valence-electron chi connectivity index (χ2n) is 3.95. The van der Waals surface area contributed by atoms with Gasteiger partial charge in [0.15, 0.2) is 0 Å². The van der Waals surface area contributed by atoms with Crippen molar-refractivity contribution in [1.82, 2.24) is 10.3 Å². The molecule has 0 aliphatic heterocycles. The third kappa shape index (κ3) is 4.66. The fourth-order valence-electron chi connectivity index (χ4n) is 1.21. The summed E-state index contributed by atoms with van der Waals surface area (Å²) in [6.07, 6.45) is 2.78. The average molecular weight is 314 g/mol. The Morgan fingerprint density at radius 3 is 3.00 bits per heavy atom. The van der Waals surface area contributed by atoms with E-state index in [4.69, 9.17) is 0 Å². The van der Waals surface area contributed by atoms with E-state index in [0.29, 0.717) is 5.75 Å². The van der Waals surface area contributed by atoms with Crippen molar-refractivity contribution in [3.8, 4) is 6.07 Å². The van der Waals surface area contributed by atoms with Crippen LogP contribution in [0.4, 0.5) is 0 Å². The van der Waals surface area contributed by atoms with Gasteiger partial charge in [0.2, 0.25) is 0 Å². The number of halogens is 1. The number of nitriles is 1. The van der Waals surface area contributed by atoms with Crippen molar-refractivity contribution in [2.75, 3.05) is 12.3 Å². The van der Waals surface area contributed by atoms with Crippen LogP contribution in [0.25, 0.3) is 0 Å². The van der Waals surface area contributed by atoms with Gasteiger partial charge in [0, 0.05) is 16.4 Å². The second kappa shape index (κ2) is 7.00. The molecule has 0 aliphatic carbocycles. The molecule has 0 fully saturated rings. The van der Waals surface area contributed by atoms with Crippen LogP contribution >= 0.6 is 27.7 Å². The third-order valence-electron chi connectivity index (χ3n) is 2.23. The first-order valence-corrected chi connectivity index (χ1v) is 7.29. The Morgan fingerprint density at radius 2 is 2.41 bits per heavy atom. The molecule has 0 aliphatic rings. The average Bonchev–Trinajstić information content (AvgIpc) is 2.35. The van der Waals surface area contributed by atoms with E-state index in [1.807, 2.05) is 19.1 Å². The lowest BCUT2D eigenvalue weighted by atomic mass is 10.1. The third-order valence-corrected chi connectivity index (χ3v) is 4.46. The maximum Gasteiger partial charge on any atom is 0.113 e. The van der Waals surface area contributed by atoms with Gasteiger partial charge in [-0.3, -0.25) is 5.32 Å². The van der Waals surface area contributed by atoms with Crippen LogP contribution in [0.1, 0.15) is 20.3 Å². The molecule has 0 spiro atoms. The first kappa shape index (κ1) is 14.5. The fourth-order valence-corrected chi connectivity index (χ4v) is 2.75. The highest BCUT2D eigenvalue weighted by Crippen LogP contribution is 2.27. The van der Waals surface area contributed by atoms with Crippen LogP contribution in [0.15, 0.2) is 27.8 Å². The van der Waals surface area contributed by atoms with E-state index in [1.165, 1.54) is 0 Å². The summed E-state index contributed by atoms with van der Waals surface area (Å²) in [4.78, 5) is 4.27. The lowest BCUT2D eigenvalue weighted by molar-refractivity contribution is 0.493. The predicted octanol–water partition coefficient (Wildman–Crippen LogP) is 3.22. The van der Waals surface area contributed by atoms with Crippen molar-refractivity contribution < 1.29 is 0 Å². The van der Waals surface area contributed by atoms with Gasteiger partial charge in [-0.15, -0.1) is 11.8 Å². The molecular weight excluding hydrogens is 298 g/mol. The molecule has 1 N–H and O–H groups in total. The molecular formula is C12H16BrN3S. The van der Waals surface area contributed by atoms with Crippen LogP contribution < -0.4 is 5.32 Å². The smallest absolute Gasteiger partial charge is 0.113 e. The summed E-state index contributed by atoms with van der Waals surface area (Å²) in [6, 6.07) is 6.17. The molecule has 92 valence electrons. The number of nitrogens with one attached hydrogen (secondary N) is 1. The molecule has 17 heavy (non-hydrogen) atoms. The van der Waals surface area contributed by atoms with Gasteiger partial charge in [-0.05, 0) is 48.0 Å². The number of aromatic nitrogens is 1. The van der Waals surface area contributed by atoms with E-state index in [-0.39, 0.29) is 0 Å². The molecule has 5 heteroatoms. The molecule has 0 saturated carbocycles. The van der Waals surface area contributed by atoms with Crippen LogP contribution in [-0.2, 0) is 0 Å². The largest absolute Gasteiger partial charge is 0.299 e. The molecule has 1 heterocycles. The van der Waals surface area contributed by atoms with E-state index < -0.39 is 5.54 Å². The molecule has 1 unspecified atom stereocenters. The molecule has 0 aromatic carbocycles. The quantitative estimate of drug-likeness (QED) is 0.819. The summed E-state index contributed by atoms with van der Waals surface area (Å²) in [7, 11) is 0. The van der Waals surface area contributed by atoms with Crippen molar-refractivity contribution in [2.24, 2.45) is 0 Å². The zero-order valence-corrected chi connectivity index (χ0v) is 12.4. The van der Waals surface area contributed by atoms with Crippen LogP contribution in [-0.4, -0.2) is 22.8 Å². The van der Waals surface area contributed by atoms with Crippen molar-refractivity contribution in [1.29, 1.82) is 5.26 Å². The minimum Gasteiger partial charge on any atom is -0.299 e. The summed E-state index contributed by atoms with van der Waals surface area (Å²) in [5.41, 5.74) is -0.502. The highest BCUT2D eigenvalue weighted by molar-refractivity contribution is 9.10. The zero-order chi connectivity index (χ0) is 12.7. The zero-order valence-electron chi connectivity index (χ0n) is 10.0. The van der Waals surface area contributed by atoms with Gasteiger partial charge >= 0.3 is 0 Å². The SMILES string of the molecule is CCCNC(C)(C#N)CSc1ncccc1Br. The predicted molar refractivity (Wildman–Crippen MR) is 75.0 cm³/mol. The Bertz CT molecular complexity index is 405. The second-order valence-corrected chi connectivity index (χ2v) is 5.77. The highest BCUT2D eigenvalue weighted by atomic mass is 79.9.